The molecule has 2 saturated heterocycles. The average molecular weight is 476 g/mol. The zero-order valence-electron chi connectivity index (χ0n) is 18.5. The molecule has 0 bridgehead atoms. The maximum Gasteiger partial charge on any atom is 0.239 e. The average Bonchev–Trinajstić information content (AvgIpc) is 3.45. The molecule has 4 rings (SSSR count). The molecule has 1 unspecified atom stereocenters. The molecular weight excluding hydrogens is 446 g/mol. The Morgan fingerprint density at radius 3 is 2.62 bits per heavy atom. The van der Waals surface area contributed by atoms with Gasteiger partial charge in [0.25, 0.3) is 0 Å². The third-order valence-corrected chi connectivity index (χ3v) is 9.20. The number of hydrogen-bond donors (Lipinski definition) is 1. The van der Waals surface area contributed by atoms with E-state index in [9.17, 15) is 18.5 Å². The van der Waals surface area contributed by atoms with Gasteiger partial charge in [-0.1, -0.05) is 6.07 Å². The molecular formula is C22H29N5O3S2. The molecule has 2 aromatic rings. The number of thiophene rings is 1. The number of carbonyl (C=O) groups is 1. The van der Waals surface area contributed by atoms with Gasteiger partial charge in [-0.25, -0.2) is 8.42 Å². The minimum Gasteiger partial charge on any atom is -0.325 e. The van der Waals surface area contributed by atoms with E-state index in [1.165, 1.54) is 0 Å². The molecule has 1 amide bonds. The van der Waals surface area contributed by atoms with Crippen molar-refractivity contribution in [2.45, 2.75) is 32.9 Å². The van der Waals surface area contributed by atoms with Crippen molar-refractivity contribution in [1.29, 1.82) is 5.26 Å². The van der Waals surface area contributed by atoms with Gasteiger partial charge in [0.15, 0.2) is 9.84 Å². The van der Waals surface area contributed by atoms with Crippen molar-refractivity contribution in [3.63, 3.8) is 0 Å². The second kappa shape index (κ2) is 9.35. The van der Waals surface area contributed by atoms with Crippen molar-refractivity contribution < 1.29 is 13.2 Å². The minimum absolute atomic E-state index is 0.112. The molecule has 0 spiro atoms. The first-order valence-electron chi connectivity index (χ1n) is 10.9. The van der Waals surface area contributed by atoms with E-state index >= 15 is 0 Å². The largest absolute Gasteiger partial charge is 0.325 e. The normalized spacial score (nSPS) is 21.5. The summed E-state index contributed by atoms with van der Waals surface area (Å²) in [7, 11) is -2.89. The van der Waals surface area contributed by atoms with Gasteiger partial charge in [0, 0.05) is 42.8 Å². The van der Waals surface area contributed by atoms with Gasteiger partial charge in [-0.15, -0.1) is 11.3 Å². The Labute approximate surface area is 193 Å². The van der Waals surface area contributed by atoms with Crippen molar-refractivity contribution in [3.8, 4) is 6.07 Å². The highest BCUT2D eigenvalue weighted by Gasteiger charge is 2.34. The van der Waals surface area contributed by atoms with Crippen molar-refractivity contribution in [2.24, 2.45) is 0 Å². The summed E-state index contributed by atoms with van der Waals surface area (Å²) in [5.41, 5.74) is 2.38. The lowest BCUT2D eigenvalue weighted by Crippen LogP contribution is -2.52. The van der Waals surface area contributed by atoms with Gasteiger partial charge < -0.3 is 9.88 Å². The summed E-state index contributed by atoms with van der Waals surface area (Å²) in [6, 6.07) is 6.41. The number of anilines is 1. The fraction of sp³-hybridized carbons (Fsp3) is 0.545. The van der Waals surface area contributed by atoms with E-state index < -0.39 is 9.84 Å². The van der Waals surface area contributed by atoms with Crippen LogP contribution >= 0.6 is 11.3 Å². The van der Waals surface area contributed by atoms with Gasteiger partial charge in [-0.2, -0.15) is 5.26 Å². The van der Waals surface area contributed by atoms with Crippen LogP contribution in [0.2, 0.25) is 0 Å². The summed E-state index contributed by atoms with van der Waals surface area (Å²) in [6.07, 6.45) is 0.708. The number of nitrogens with one attached hydrogen (secondary N) is 1. The highest BCUT2D eigenvalue weighted by atomic mass is 32.2. The molecule has 4 heterocycles. The summed E-state index contributed by atoms with van der Waals surface area (Å²) >= 11 is 1.65. The fourth-order valence-corrected chi connectivity index (χ4v) is 7.07. The van der Waals surface area contributed by atoms with Crippen LogP contribution in [0.15, 0.2) is 17.5 Å². The van der Waals surface area contributed by atoms with Crippen LogP contribution in [0.5, 0.6) is 0 Å². The van der Waals surface area contributed by atoms with Gasteiger partial charge in [0.2, 0.25) is 5.91 Å². The van der Waals surface area contributed by atoms with E-state index in [4.69, 9.17) is 0 Å². The molecule has 172 valence electrons. The summed E-state index contributed by atoms with van der Waals surface area (Å²) < 4.78 is 25.5. The SMILES string of the molecule is Cc1c(C#N)c(NC(=O)CN2CCN(C3CCS(=O)(=O)C3)CC2)n(Cc2cccs2)c1C. The zero-order chi connectivity index (χ0) is 22.9. The summed E-state index contributed by atoms with van der Waals surface area (Å²) in [5.74, 6) is 0.967. The standard InChI is InChI=1S/C22H29N5O3S2/c1-16-17(2)27(13-19-4-3-10-31-19)22(20(16)12-23)24-21(28)14-25-6-8-26(9-7-25)18-5-11-32(29,30)15-18/h3-4,10,18H,5-9,11,13-15H2,1-2H3,(H,24,28). The van der Waals surface area contributed by atoms with E-state index in [0.29, 0.717) is 24.3 Å². The Balaban J connectivity index is 1.38. The Kier molecular flexibility index (Phi) is 6.72. The van der Waals surface area contributed by atoms with Crippen molar-refractivity contribution in [3.05, 3.63) is 39.2 Å². The lowest BCUT2D eigenvalue weighted by Gasteiger charge is -2.37. The molecule has 2 fully saturated rings. The Morgan fingerprint density at radius 1 is 1.28 bits per heavy atom. The van der Waals surface area contributed by atoms with Gasteiger partial charge in [0.05, 0.1) is 30.2 Å². The predicted molar refractivity (Wildman–Crippen MR) is 126 cm³/mol. The zero-order valence-corrected chi connectivity index (χ0v) is 20.1. The summed E-state index contributed by atoms with van der Waals surface area (Å²) in [5, 5.41) is 14.7. The molecule has 0 saturated carbocycles. The number of carbonyl (C=O) groups excluding carboxylic acids is 1. The van der Waals surface area contributed by atoms with Gasteiger partial charge in [-0.3, -0.25) is 14.6 Å². The molecule has 8 nitrogen and oxygen atoms in total. The molecule has 32 heavy (non-hydrogen) atoms. The lowest BCUT2D eigenvalue weighted by atomic mass is 10.2. The number of amides is 1. The third kappa shape index (κ3) is 4.91. The highest BCUT2D eigenvalue weighted by Crippen LogP contribution is 2.28. The number of sulfone groups is 1. The van der Waals surface area contributed by atoms with Crippen LogP contribution in [0.25, 0.3) is 0 Å². The molecule has 2 aromatic heterocycles. The highest BCUT2D eigenvalue weighted by molar-refractivity contribution is 7.91. The Morgan fingerprint density at radius 2 is 2.03 bits per heavy atom. The Hall–Kier alpha value is -2.19. The number of rotatable bonds is 6. The number of piperazine rings is 1. The number of nitrogens with zero attached hydrogens (tertiary/aromatic N) is 4. The molecule has 2 aliphatic rings. The Bertz CT molecular complexity index is 1120. The number of nitriles is 1. The van der Waals surface area contributed by atoms with Crippen LogP contribution < -0.4 is 5.32 Å². The molecule has 0 aliphatic carbocycles. The summed E-state index contributed by atoms with van der Waals surface area (Å²) in [6.45, 7) is 7.74. The van der Waals surface area contributed by atoms with E-state index in [1.807, 2.05) is 35.9 Å². The second-order valence-electron chi connectivity index (χ2n) is 8.63. The van der Waals surface area contributed by atoms with Crippen LogP contribution in [0.4, 0.5) is 5.82 Å². The predicted octanol–water partition coefficient (Wildman–Crippen LogP) is 1.83. The van der Waals surface area contributed by atoms with Crippen molar-refractivity contribution in [2.75, 3.05) is 49.5 Å². The first kappa shape index (κ1) is 23.0. The van der Waals surface area contributed by atoms with Crippen LogP contribution in [0.3, 0.4) is 0 Å². The van der Waals surface area contributed by atoms with Crippen LogP contribution in [0, 0.1) is 25.2 Å². The van der Waals surface area contributed by atoms with Gasteiger partial charge in [0.1, 0.15) is 11.9 Å². The number of hydrogen-bond acceptors (Lipinski definition) is 7. The maximum atomic E-state index is 12.9. The van der Waals surface area contributed by atoms with Gasteiger partial charge >= 0.3 is 0 Å². The van der Waals surface area contributed by atoms with E-state index in [-0.39, 0.29) is 30.0 Å². The smallest absolute Gasteiger partial charge is 0.239 e. The lowest BCUT2D eigenvalue weighted by molar-refractivity contribution is -0.117. The molecule has 0 radical (unpaired) electrons. The molecule has 1 N–H and O–H groups in total. The third-order valence-electron chi connectivity index (χ3n) is 6.59. The first-order chi connectivity index (χ1) is 15.3. The van der Waals surface area contributed by atoms with E-state index in [2.05, 4.69) is 21.2 Å². The van der Waals surface area contributed by atoms with E-state index in [0.717, 1.165) is 42.3 Å². The quantitative estimate of drug-likeness (QED) is 0.685. The van der Waals surface area contributed by atoms with Crippen LogP contribution in [-0.2, 0) is 21.2 Å². The van der Waals surface area contributed by atoms with Gasteiger partial charge in [-0.05, 0) is 37.3 Å². The fourth-order valence-electron chi connectivity index (χ4n) is 4.61. The second-order valence-corrected chi connectivity index (χ2v) is 11.9. The summed E-state index contributed by atoms with van der Waals surface area (Å²) in [4.78, 5) is 18.4. The van der Waals surface area contributed by atoms with Crippen LogP contribution in [0.1, 0.15) is 28.1 Å². The molecule has 1 atom stereocenters. The number of aromatic nitrogens is 1. The van der Waals surface area contributed by atoms with Crippen LogP contribution in [-0.4, -0.2) is 79.0 Å². The monoisotopic (exact) mass is 475 g/mol. The topological polar surface area (TPSA) is 98.4 Å². The minimum atomic E-state index is -2.89. The van der Waals surface area contributed by atoms with Crippen molar-refractivity contribution >= 4 is 32.9 Å². The molecule has 10 heteroatoms. The molecule has 0 aromatic carbocycles. The van der Waals surface area contributed by atoms with E-state index in [1.54, 1.807) is 11.3 Å². The first-order valence-corrected chi connectivity index (χ1v) is 13.6. The molecule has 2 aliphatic heterocycles. The van der Waals surface area contributed by atoms with Crippen molar-refractivity contribution in [1.82, 2.24) is 14.4 Å². The maximum absolute atomic E-state index is 12.9.